The van der Waals surface area contributed by atoms with Gasteiger partial charge in [0.05, 0.1) is 6.61 Å². The summed E-state index contributed by atoms with van der Waals surface area (Å²) in [6.07, 6.45) is 10.6. The van der Waals surface area contributed by atoms with Crippen LogP contribution in [0.25, 0.3) is 0 Å². The van der Waals surface area contributed by atoms with Crippen molar-refractivity contribution in [3.05, 3.63) is 71.8 Å². The van der Waals surface area contributed by atoms with Gasteiger partial charge in [-0.25, -0.2) is 0 Å². The van der Waals surface area contributed by atoms with E-state index in [2.05, 4.69) is 54.6 Å². The average molecular weight is 212 g/mol. The third-order valence-electron chi connectivity index (χ3n) is 2.66. The normalized spacial score (nSPS) is 15.4. The van der Waals surface area contributed by atoms with Crippen molar-refractivity contribution in [2.24, 2.45) is 0 Å². The molecule has 1 atom stereocenters. The molecule has 0 bridgehead atoms. The summed E-state index contributed by atoms with van der Waals surface area (Å²) in [7, 11) is 1.74. The molecule has 1 aliphatic carbocycles. The van der Waals surface area contributed by atoms with Crippen LogP contribution in [0.15, 0.2) is 66.3 Å². The summed E-state index contributed by atoms with van der Waals surface area (Å²) in [6.45, 7) is 0.717. The Morgan fingerprint density at radius 1 is 1.12 bits per heavy atom. The molecule has 1 heteroatoms. The van der Waals surface area contributed by atoms with Crippen molar-refractivity contribution in [3.8, 4) is 0 Å². The minimum absolute atomic E-state index is 0.327. The fourth-order valence-corrected chi connectivity index (χ4v) is 1.85. The molecule has 0 saturated carbocycles. The first kappa shape index (κ1) is 10.9. The van der Waals surface area contributed by atoms with Crippen LogP contribution in [0, 0.1) is 0 Å². The summed E-state index contributed by atoms with van der Waals surface area (Å²) in [5.41, 5.74) is 2.55. The largest absolute Gasteiger partial charge is 0.384 e. The molecule has 0 spiro atoms. The molecule has 0 aromatic heterocycles. The lowest BCUT2D eigenvalue weighted by Crippen LogP contribution is -2.03. The fourth-order valence-electron chi connectivity index (χ4n) is 1.85. The highest BCUT2D eigenvalue weighted by molar-refractivity contribution is 5.42. The van der Waals surface area contributed by atoms with Crippen LogP contribution in [-0.4, -0.2) is 13.7 Å². The van der Waals surface area contributed by atoms with E-state index in [9.17, 15) is 0 Å². The van der Waals surface area contributed by atoms with Crippen LogP contribution in [0.2, 0.25) is 0 Å². The maximum atomic E-state index is 5.28. The maximum Gasteiger partial charge on any atom is 0.0566 e. The van der Waals surface area contributed by atoms with E-state index >= 15 is 0 Å². The minimum atomic E-state index is 0.327. The van der Waals surface area contributed by atoms with Crippen LogP contribution < -0.4 is 0 Å². The summed E-state index contributed by atoms with van der Waals surface area (Å²) in [5.74, 6) is 0.327. The summed E-state index contributed by atoms with van der Waals surface area (Å²) in [4.78, 5) is 0. The van der Waals surface area contributed by atoms with Gasteiger partial charge >= 0.3 is 0 Å². The maximum absolute atomic E-state index is 5.28. The van der Waals surface area contributed by atoms with Crippen molar-refractivity contribution in [1.29, 1.82) is 0 Å². The van der Waals surface area contributed by atoms with Gasteiger partial charge in [-0.1, -0.05) is 60.7 Å². The number of rotatable bonds is 4. The third-order valence-corrected chi connectivity index (χ3v) is 2.66. The zero-order valence-corrected chi connectivity index (χ0v) is 9.47. The van der Waals surface area contributed by atoms with Crippen LogP contribution in [0.4, 0.5) is 0 Å². The smallest absolute Gasteiger partial charge is 0.0566 e. The van der Waals surface area contributed by atoms with Crippen LogP contribution in [0.5, 0.6) is 0 Å². The molecule has 0 radical (unpaired) electrons. The zero-order valence-electron chi connectivity index (χ0n) is 9.47. The number of methoxy groups -OCH3 is 1. The molecule has 1 aromatic rings. The van der Waals surface area contributed by atoms with Gasteiger partial charge < -0.3 is 4.74 Å². The monoisotopic (exact) mass is 212 g/mol. The molecule has 0 aliphatic heterocycles. The first-order chi connectivity index (χ1) is 7.90. The van der Waals surface area contributed by atoms with Crippen molar-refractivity contribution in [1.82, 2.24) is 0 Å². The molecule has 0 saturated heterocycles. The van der Waals surface area contributed by atoms with E-state index in [1.54, 1.807) is 7.11 Å². The molecular weight excluding hydrogens is 196 g/mol. The van der Waals surface area contributed by atoms with Gasteiger partial charge in [-0.2, -0.15) is 0 Å². The fraction of sp³-hybridized carbons (Fsp3) is 0.200. The van der Waals surface area contributed by atoms with Crippen LogP contribution >= 0.6 is 0 Å². The molecule has 1 aromatic carbocycles. The SMILES string of the molecule is COCC(C=C1C=CC=C1)c1ccccc1. The van der Waals surface area contributed by atoms with E-state index in [1.807, 2.05) is 6.07 Å². The highest BCUT2D eigenvalue weighted by Crippen LogP contribution is 2.21. The first-order valence-electron chi connectivity index (χ1n) is 5.50. The van der Waals surface area contributed by atoms with Gasteiger partial charge in [-0.3, -0.25) is 0 Å². The van der Waals surface area contributed by atoms with E-state index in [-0.39, 0.29) is 0 Å². The molecule has 0 amide bonds. The molecule has 82 valence electrons. The Morgan fingerprint density at radius 2 is 1.81 bits per heavy atom. The van der Waals surface area contributed by atoms with E-state index in [4.69, 9.17) is 4.74 Å². The summed E-state index contributed by atoms with van der Waals surface area (Å²) in [5, 5.41) is 0. The Kier molecular flexibility index (Phi) is 3.73. The number of benzene rings is 1. The summed E-state index contributed by atoms with van der Waals surface area (Å²) < 4.78 is 5.28. The number of hydrogen-bond donors (Lipinski definition) is 0. The Labute approximate surface area is 96.8 Å². The molecule has 16 heavy (non-hydrogen) atoms. The van der Waals surface area contributed by atoms with Gasteiger partial charge in [0, 0.05) is 13.0 Å². The number of allylic oxidation sites excluding steroid dienone is 5. The summed E-state index contributed by atoms with van der Waals surface area (Å²) in [6, 6.07) is 10.5. The van der Waals surface area contributed by atoms with Crippen LogP contribution in [0.3, 0.4) is 0 Å². The second kappa shape index (κ2) is 5.47. The van der Waals surface area contributed by atoms with Crippen molar-refractivity contribution < 1.29 is 4.74 Å². The molecule has 0 heterocycles. The quantitative estimate of drug-likeness (QED) is 0.742. The topological polar surface area (TPSA) is 9.23 Å². The highest BCUT2D eigenvalue weighted by Gasteiger charge is 2.08. The molecule has 0 fully saturated rings. The van der Waals surface area contributed by atoms with Gasteiger partial charge in [-0.05, 0) is 11.1 Å². The van der Waals surface area contributed by atoms with Gasteiger partial charge in [-0.15, -0.1) is 0 Å². The standard InChI is InChI=1S/C15H16O/c1-16-12-15(11-13-7-5-6-8-13)14-9-3-2-4-10-14/h2-11,15H,12H2,1H3. The van der Waals surface area contributed by atoms with E-state index in [0.717, 1.165) is 6.61 Å². The van der Waals surface area contributed by atoms with Gasteiger partial charge in [0.25, 0.3) is 0 Å². The zero-order chi connectivity index (χ0) is 11.2. The number of ether oxygens (including phenoxy) is 1. The Bertz CT molecular complexity index is 398. The van der Waals surface area contributed by atoms with Crippen molar-refractivity contribution in [3.63, 3.8) is 0 Å². The Balaban J connectivity index is 2.21. The van der Waals surface area contributed by atoms with Crippen molar-refractivity contribution in [2.75, 3.05) is 13.7 Å². The van der Waals surface area contributed by atoms with Crippen LogP contribution in [0.1, 0.15) is 11.5 Å². The minimum Gasteiger partial charge on any atom is -0.384 e. The van der Waals surface area contributed by atoms with Crippen molar-refractivity contribution >= 4 is 0 Å². The average Bonchev–Trinajstić information content (AvgIpc) is 2.83. The predicted octanol–water partition coefficient (Wildman–Crippen LogP) is 3.47. The molecule has 0 N–H and O–H groups in total. The lowest BCUT2D eigenvalue weighted by atomic mass is 9.97. The molecule has 2 rings (SSSR count). The van der Waals surface area contributed by atoms with Crippen LogP contribution in [-0.2, 0) is 4.74 Å². The molecule has 1 unspecified atom stereocenters. The van der Waals surface area contributed by atoms with E-state index in [0.29, 0.717) is 5.92 Å². The predicted molar refractivity (Wildman–Crippen MR) is 67.4 cm³/mol. The molecular formula is C15H16O. The van der Waals surface area contributed by atoms with E-state index < -0.39 is 0 Å². The van der Waals surface area contributed by atoms with Gasteiger partial charge in [0.1, 0.15) is 0 Å². The van der Waals surface area contributed by atoms with Gasteiger partial charge in [0.15, 0.2) is 0 Å². The van der Waals surface area contributed by atoms with Crippen molar-refractivity contribution in [2.45, 2.75) is 5.92 Å². The lowest BCUT2D eigenvalue weighted by molar-refractivity contribution is 0.191. The first-order valence-corrected chi connectivity index (χ1v) is 5.50. The summed E-state index contributed by atoms with van der Waals surface area (Å²) >= 11 is 0. The number of hydrogen-bond acceptors (Lipinski definition) is 1. The third kappa shape index (κ3) is 2.71. The van der Waals surface area contributed by atoms with Gasteiger partial charge in [0.2, 0.25) is 0 Å². The second-order valence-corrected chi connectivity index (χ2v) is 3.86. The Morgan fingerprint density at radius 3 is 2.44 bits per heavy atom. The Hall–Kier alpha value is -1.60. The second-order valence-electron chi connectivity index (χ2n) is 3.86. The highest BCUT2D eigenvalue weighted by atomic mass is 16.5. The lowest BCUT2D eigenvalue weighted by Gasteiger charge is -2.12. The molecule has 1 aliphatic rings. The molecule has 1 nitrogen and oxygen atoms in total. The van der Waals surface area contributed by atoms with E-state index in [1.165, 1.54) is 11.1 Å².